The minimum absolute atomic E-state index is 0.171. The third-order valence-electron chi connectivity index (χ3n) is 5.06. The van der Waals surface area contributed by atoms with Crippen molar-refractivity contribution in [1.82, 2.24) is 9.47 Å². The highest BCUT2D eigenvalue weighted by molar-refractivity contribution is 5.96. The zero-order valence-corrected chi connectivity index (χ0v) is 14.8. The predicted octanol–water partition coefficient (Wildman–Crippen LogP) is 2.98. The molecule has 2 N–H and O–H groups in total. The van der Waals surface area contributed by atoms with E-state index < -0.39 is 18.0 Å². The van der Waals surface area contributed by atoms with Crippen LogP contribution in [0.4, 0.5) is 0 Å². The maximum absolute atomic E-state index is 12.1. The third-order valence-corrected chi connectivity index (χ3v) is 5.06. The lowest BCUT2D eigenvalue weighted by molar-refractivity contribution is -0.144. The molecule has 1 aliphatic rings. The van der Waals surface area contributed by atoms with Crippen molar-refractivity contribution in [2.75, 3.05) is 13.1 Å². The maximum atomic E-state index is 12.1. The fourth-order valence-electron chi connectivity index (χ4n) is 4.18. The first kappa shape index (κ1) is 17.5. The van der Waals surface area contributed by atoms with Gasteiger partial charge in [0.25, 0.3) is 0 Å². The summed E-state index contributed by atoms with van der Waals surface area (Å²) < 4.78 is 1.86. The Balaban J connectivity index is 2.11. The Morgan fingerprint density at radius 2 is 1.80 bits per heavy atom. The molecule has 0 amide bonds. The smallest absolute Gasteiger partial charge is 0.335 e. The lowest BCUT2D eigenvalue weighted by atomic mass is 9.89. The minimum Gasteiger partial charge on any atom is -0.480 e. The van der Waals surface area contributed by atoms with Gasteiger partial charge in [-0.25, -0.2) is 4.79 Å². The van der Waals surface area contributed by atoms with Gasteiger partial charge >= 0.3 is 11.9 Å². The summed E-state index contributed by atoms with van der Waals surface area (Å²) in [5, 5.41) is 19.9. The average Bonchev–Trinajstić information content (AvgIpc) is 2.82. The highest BCUT2D eigenvalue weighted by atomic mass is 16.4. The minimum atomic E-state index is -1.01. The Bertz CT molecular complexity index is 816. The molecule has 6 heteroatoms. The molecule has 0 aliphatic carbocycles. The standard InChI is InChI=1S/C19H24N2O4/c1-11-6-12(2)9-21(8-11)17(19(24)25)15-10-20(3)16-5-4-13(18(22)23)7-14(15)16/h4-5,7,10-12,17H,6,8-9H2,1-3H3,(H,22,23)(H,24,25). The molecule has 2 heterocycles. The second-order valence-corrected chi connectivity index (χ2v) is 7.37. The van der Waals surface area contributed by atoms with Crippen LogP contribution in [-0.4, -0.2) is 44.7 Å². The van der Waals surface area contributed by atoms with Gasteiger partial charge in [-0.05, 0) is 36.5 Å². The van der Waals surface area contributed by atoms with Crippen LogP contribution < -0.4 is 0 Å². The Labute approximate surface area is 146 Å². The summed E-state index contributed by atoms with van der Waals surface area (Å²) in [4.78, 5) is 25.5. The van der Waals surface area contributed by atoms with Crippen molar-refractivity contribution < 1.29 is 19.8 Å². The second-order valence-electron chi connectivity index (χ2n) is 7.37. The first-order chi connectivity index (χ1) is 11.8. The number of rotatable bonds is 4. The van der Waals surface area contributed by atoms with Gasteiger partial charge in [-0.2, -0.15) is 0 Å². The number of carboxylic acids is 2. The number of aromatic carboxylic acids is 1. The molecule has 0 saturated carbocycles. The molecule has 2 aromatic rings. The molecule has 6 nitrogen and oxygen atoms in total. The van der Waals surface area contributed by atoms with Gasteiger partial charge in [0, 0.05) is 42.8 Å². The Morgan fingerprint density at radius 3 is 2.36 bits per heavy atom. The van der Waals surface area contributed by atoms with E-state index in [1.54, 1.807) is 18.2 Å². The van der Waals surface area contributed by atoms with E-state index >= 15 is 0 Å². The molecular formula is C19H24N2O4. The SMILES string of the molecule is CC1CC(C)CN(C(C(=O)O)c2cn(C)c3ccc(C(=O)O)cc23)C1. The van der Waals surface area contributed by atoms with E-state index in [9.17, 15) is 19.8 Å². The van der Waals surface area contributed by atoms with E-state index in [0.717, 1.165) is 25.0 Å². The number of aryl methyl sites for hydroxylation is 1. The van der Waals surface area contributed by atoms with Crippen LogP contribution in [0.2, 0.25) is 0 Å². The van der Waals surface area contributed by atoms with E-state index in [1.807, 2.05) is 22.7 Å². The normalized spacial score (nSPS) is 22.8. The number of fused-ring (bicyclic) bond motifs is 1. The largest absolute Gasteiger partial charge is 0.480 e. The summed E-state index contributed by atoms with van der Waals surface area (Å²) in [6.07, 6.45) is 2.92. The van der Waals surface area contributed by atoms with E-state index in [1.165, 1.54) is 0 Å². The number of likely N-dealkylation sites (tertiary alicyclic amines) is 1. The van der Waals surface area contributed by atoms with Crippen LogP contribution in [-0.2, 0) is 11.8 Å². The van der Waals surface area contributed by atoms with Crippen LogP contribution in [0, 0.1) is 11.8 Å². The molecular weight excluding hydrogens is 320 g/mol. The zero-order chi connectivity index (χ0) is 18.3. The predicted molar refractivity (Wildman–Crippen MR) is 94.8 cm³/mol. The van der Waals surface area contributed by atoms with Crippen molar-refractivity contribution in [2.45, 2.75) is 26.3 Å². The van der Waals surface area contributed by atoms with Gasteiger partial charge in [0.05, 0.1) is 5.56 Å². The summed E-state index contributed by atoms with van der Waals surface area (Å²) in [7, 11) is 1.85. The van der Waals surface area contributed by atoms with Crippen LogP contribution in [0.15, 0.2) is 24.4 Å². The molecule has 134 valence electrons. The third kappa shape index (κ3) is 3.26. The van der Waals surface area contributed by atoms with Crippen LogP contribution in [0.25, 0.3) is 10.9 Å². The summed E-state index contributed by atoms with van der Waals surface area (Å²) in [5.74, 6) is -1.02. The van der Waals surface area contributed by atoms with Gasteiger partial charge in [-0.15, -0.1) is 0 Å². The molecule has 0 spiro atoms. The maximum Gasteiger partial charge on any atom is 0.335 e. The Hall–Kier alpha value is -2.34. The summed E-state index contributed by atoms with van der Waals surface area (Å²) in [6.45, 7) is 5.76. The van der Waals surface area contributed by atoms with E-state index in [0.29, 0.717) is 22.8 Å². The summed E-state index contributed by atoms with van der Waals surface area (Å²) in [5.41, 5.74) is 1.67. The van der Waals surface area contributed by atoms with E-state index in [2.05, 4.69) is 13.8 Å². The van der Waals surface area contributed by atoms with Gasteiger partial charge in [0.1, 0.15) is 6.04 Å². The van der Waals surface area contributed by atoms with Gasteiger partial charge < -0.3 is 14.8 Å². The van der Waals surface area contributed by atoms with Crippen molar-refractivity contribution in [3.8, 4) is 0 Å². The lowest BCUT2D eigenvalue weighted by Gasteiger charge is -2.38. The molecule has 1 aliphatic heterocycles. The number of carbonyl (C=O) groups is 2. The molecule has 25 heavy (non-hydrogen) atoms. The fraction of sp³-hybridized carbons (Fsp3) is 0.474. The number of aromatic nitrogens is 1. The molecule has 3 unspecified atom stereocenters. The van der Waals surface area contributed by atoms with E-state index in [4.69, 9.17) is 0 Å². The van der Waals surface area contributed by atoms with Crippen LogP contribution in [0.3, 0.4) is 0 Å². The van der Waals surface area contributed by atoms with Gasteiger partial charge in [0.2, 0.25) is 0 Å². The van der Waals surface area contributed by atoms with Crippen LogP contribution >= 0.6 is 0 Å². The first-order valence-corrected chi connectivity index (χ1v) is 8.57. The number of hydrogen-bond donors (Lipinski definition) is 2. The van der Waals surface area contributed by atoms with E-state index in [-0.39, 0.29) is 5.56 Å². The van der Waals surface area contributed by atoms with Crippen molar-refractivity contribution in [3.63, 3.8) is 0 Å². The number of aliphatic carboxylic acids is 1. The number of hydrogen-bond acceptors (Lipinski definition) is 3. The van der Waals surface area contributed by atoms with Crippen molar-refractivity contribution in [2.24, 2.45) is 18.9 Å². The second kappa shape index (κ2) is 6.52. The van der Waals surface area contributed by atoms with Crippen LogP contribution in [0.5, 0.6) is 0 Å². The number of carboxylic acid groups (broad SMARTS) is 2. The highest BCUT2D eigenvalue weighted by Gasteiger charge is 2.34. The Kier molecular flexibility index (Phi) is 4.56. The average molecular weight is 344 g/mol. The molecule has 3 atom stereocenters. The van der Waals surface area contributed by atoms with Crippen LogP contribution in [0.1, 0.15) is 42.2 Å². The van der Waals surface area contributed by atoms with Crippen molar-refractivity contribution in [1.29, 1.82) is 0 Å². The molecule has 1 saturated heterocycles. The van der Waals surface area contributed by atoms with Crippen molar-refractivity contribution >= 4 is 22.8 Å². The van der Waals surface area contributed by atoms with Gasteiger partial charge in [0.15, 0.2) is 0 Å². The molecule has 1 fully saturated rings. The zero-order valence-electron chi connectivity index (χ0n) is 14.8. The van der Waals surface area contributed by atoms with Gasteiger partial charge in [-0.3, -0.25) is 9.69 Å². The molecule has 0 bridgehead atoms. The molecule has 1 aromatic carbocycles. The number of benzene rings is 1. The topological polar surface area (TPSA) is 82.8 Å². The number of nitrogens with zero attached hydrogens (tertiary/aromatic N) is 2. The number of piperidine rings is 1. The summed E-state index contributed by atoms with van der Waals surface area (Å²) in [6, 6.07) is 4.11. The van der Waals surface area contributed by atoms with Gasteiger partial charge in [-0.1, -0.05) is 13.8 Å². The van der Waals surface area contributed by atoms with Crippen molar-refractivity contribution in [3.05, 3.63) is 35.5 Å². The summed E-state index contributed by atoms with van der Waals surface area (Å²) >= 11 is 0. The molecule has 3 rings (SSSR count). The molecule has 1 aromatic heterocycles. The highest BCUT2D eigenvalue weighted by Crippen LogP contribution is 2.34. The monoisotopic (exact) mass is 344 g/mol. The molecule has 0 radical (unpaired) electrons. The lowest BCUT2D eigenvalue weighted by Crippen LogP contribution is -2.43. The fourth-order valence-corrected chi connectivity index (χ4v) is 4.18. The quantitative estimate of drug-likeness (QED) is 0.891. The Morgan fingerprint density at radius 1 is 1.16 bits per heavy atom. The first-order valence-electron chi connectivity index (χ1n) is 8.57.